The third-order valence-electron chi connectivity index (χ3n) is 2.37. The minimum atomic E-state index is 0.298. The van der Waals surface area contributed by atoms with Crippen LogP contribution in [0, 0.1) is 6.92 Å². The number of aromatic nitrogens is 1. The summed E-state index contributed by atoms with van der Waals surface area (Å²) in [5, 5.41) is 3.66. The smallest absolute Gasteiger partial charge is 0.229 e. The highest BCUT2D eigenvalue weighted by molar-refractivity contribution is 9.10. The first kappa shape index (κ1) is 11.0. The second kappa shape index (κ2) is 4.17. The molecule has 1 aromatic heterocycles. The molecule has 84 valence electrons. The van der Waals surface area contributed by atoms with Gasteiger partial charge in [0.15, 0.2) is 0 Å². The summed E-state index contributed by atoms with van der Waals surface area (Å²) >= 11 is 3.49. The molecule has 5 heteroatoms. The van der Waals surface area contributed by atoms with Crippen molar-refractivity contribution in [3.63, 3.8) is 0 Å². The Kier molecular flexibility index (Phi) is 2.87. The number of rotatable bonds is 2. The number of methoxy groups -OCH3 is 1. The van der Waals surface area contributed by atoms with Gasteiger partial charge in [-0.15, -0.1) is 0 Å². The maximum atomic E-state index is 5.68. The predicted molar refractivity (Wildman–Crippen MR) is 65.3 cm³/mol. The molecule has 0 bridgehead atoms. The first-order valence-corrected chi connectivity index (χ1v) is 5.47. The van der Waals surface area contributed by atoms with Crippen molar-refractivity contribution in [1.29, 1.82) is 0 Å². The molecule has 0 saturated heterocycles. The lowest BCUT2D eigenvalue weighted by molar-refractivity contribution is 0.412. The monoisotopic (exact) mass is 282 g/mol. The Morgan fingerprint density at radius 1 is 1.38 bits per heavy atom. The average Bonchev–Trinajstić information content (AvgIpc) is 2.65. The van der Waals surface area contributed by atoms with E-state index >= 15 is 0 Å². The van der Waals surface area contributed by atoms with Crippen LogP contribution < -0.4 is 10.5 Å². The second-order valence-corrected chi connectivity index (χ2v) is 4.26. The van der Waals surface area contributed by atoms with Gasteiger partial charge in [-0.05, 0) is 24.6 Å². The van der Waals surface area contributed by atoms with Crippen molar-refractivity contribution < 1.29 is 9.26 Å². The van der Waals surface area contributed by atoms with Crippen LogP contribution in [0.4, 0.5) is 5.88 Å². The molecule has 1 heterocycles. The predicted octanol–water partition coefficient (Wildman–Crippen LogP) is 3.00. The fourth-order valence-electron chi connectivity index (χ4n) is 1.53. The maximum Gasteiger partial charge on any atom is 0.229 e. The van der Waals surface area contributed by atoms with Gasteiger partial charge in [-0.2, -0.15) is 0 Å². The molecule has 0 fully saturated rings. The van der Waals surface area contributed by atoms with Gasteiger partial charge in [0, 0.05) is 10.0 Å². The first-order chi connectivity index (χ1) is 7.63. The molecule has 0 radical (unpaired) electrons. The van der Waals surface area contributed by atoms with Gasteiger partial charge in [0.1, 0.15) is 5.75 Å². The van der Waals surface area contributed by atoms with E-state index in [1.165, 1.54) is 0 Å². The number of halogens is 1. The first-order valence-electron chi connectivity index (χ1n) is 4.68. The molecule has 16 heavy (non-hydrogen) atoms. The number of benzene rings is 1. The summed E-state index contributed by atoms with van der Waals surface area (Å²) < 4.78 is 11.0. The fraction of sp³-hybridized carbons (Fsp3) is 0.182. The molecule has 0 saturated carbocycles. The van der Waals surface area contributed by atoms with Crippen molar-refractivity contribution in [3.8, 4) is 16.9 Å². The van der Waals surface area contributed by atoms with Gasteiger partial charge in [0.2, 0.25) is 5.88 Å². The second-order valence-electron chi connectivity index (χ2n) is 3.41. The normalized spacial score (nSPS) is 10.4. The van der Waals surface area contributed by atoms with Crippen molar-refractivity contribution in [2.24, 2.45) is 0 Å². The van der Waals surface area contributed by atoms with E-state index in [0.29, 0.717) is 5.88 Å². The van der Waals surface area contributed by atoms with Crippen molar-refractivity contribution >= 4 is 21.8 Å². The van der Waals surface area contributed by atoms with E-state index in [-0.39, 0.29) is 0 Å². The Hall–Kier alpha value is -1.49. The van der Waals surface area contributed by atoms with Crippen LogP contribution in [0.1, 0.15) is 5.56 Å². The van der Waals surface area contributed by atoms with Crippen LogP contribution in [-0.4, -0.2) is 12.3 Å². The molecule has 0 aliphatic heterocycles. The Morgan fingerprint density at radius 2 is 2.12 bits per heavy atom. The fourth-order valence-corrected chi connectivity index (χ4v) is 2.20. The minimum absolute atomic E-state index is 0.298. The summed E-state index contributed by atoms with van der Waals surface area (Å²) in [4.78, 5) is 0. The van der Waals surface area contributed by atoms with E-state index in [2.05, 4.69) is 21.1 Å². The Labute approximate surface area is 102 Å². The molecular weight excluding hydrogens is 272 g/mol. The molecule has 0 amide bonds. The lowest BCUT2D eigenvalue weighted by Crippen LogP contribution is -1.91. The Balaban J connectivity index is 2.61. The largest absolute Gasteiger partial charge is 0.496 e. The highest BCUT2D eigenvalue weighted by atomic mass is 79.9. The van der Waals surface area contributed by atoms with Crippen molar-refractivity contribution in [3.05, 3.63) is 28.4 Å². The molecule has 2 rings (SSSR count). The van der Waals surface area contributed by atoms with E-state index in [4.69, 9.17) is 15.0 Å². The number of hydrogen-bond acceptors (Lipinski definition) is 4. The molecule has 1 aromatic carbocycles. The SMILES string of the molecule is COc1cc(-c2cnoc2N)c(Br)cc1C. The van der Waals surface area contributed by atoms with E-state index in [1.54, 1.807) is 13.3 Å². The molecule has 4 nitrogen and oxygen atoms in total. The average molecular weight is 283 g/mol. The van der Waals surface area contributed by atoms with Gasteiger partial charge in [0.05, 0.1) is 18.9 Å². The standard InChI is InChI=1S/C11H11BrN2O2/c1-6-3-9(12)7(4-10(6)15-2)8-5-14-16-11(8)13/h3-5H,13H2,1-2H3. The lowest BCUT2D eigenvalue weighted by atomic mass is 10.1. The van der Waals surface area contributed by atoms with Crippen LogP contribution in [-0.2, 0) is 0 Å². The van der Waals surface area contributed by atoms with Crippen LogP contribution in [0.5, 0.6) is 5.75 Å². The molecule has 0 unspecified atom stereocenters. The molecule has 0 aliphatic rings. The number of aryl methyl sites for hydroxylation is 1. The zero-order chi connectivity index (χ0) is 11.7. The maximum absolute atomic E-state index is 5.68. The summed E-state index contributed by atoms with van der Waals surface area (Å²) in [5.41, 5.74) is 8.39. The van der Waals surface area contributed by atoms with Crippen LogP contribution in [0.2, 0.25) is 0 Å². The summed E-state index contributed by atoms with van der Waals surface area (Å²) in [6.45, 7) is 1.98. The highest BCUT2D eigenvalue weighted by Gasteiger charge is 2.13. The number of nitrogens with zero attached hydrogens (tertiary/aromatic N) is 1. The quantitative estimate of drug-likeness (QED) is 0.920. The van der Waals surface area contributed by atoms with Gasteiger partial charge in [0.25, 0.3) is 0 Å². The van der Waals surface area contributed by atoms with Gasteiger partial charge in [-0.3, -0.25) is 0 Å². The summed E-state index contributed by atoms with van der Waals surface area (Å²) in [6, 6.07) is 3.88. The number of hydrogen-bond donors (Lipinski definition) is 1. The topological polar surface area (TPSA) is 61.3 Å². The zero-order valence-electron chi connectivity index (χ0n) is 8.95. The van der Waals surface area contributed by atoms with Crippen molar-refractivity contribution in [2.45, 2.75) is 6.92 Å². The molecule has 2 N–H and O–H groups in total. The van der Waals surface area contributed by atoms with Crippen LogP contribution in [0.15, 0.2) is 27.3 Å². The summed E-state index contributed by atoms with van der Waals surface area (Å²) in [7, 11) is 1.64. The van der Waals surface area contributed by atoms with Crippen molar-refractivity contribution in [1.82, 2.24) is 5.16 Å². The number of anilines is 1. The van der Waals surface area contributed by atoms with E-state index in [1.807, 2.05) is 19.1 Å². The lowest BCUT2D eigenvalue weighted by Gasteiger charge is -2.09. The van der Waals surface area contributed by atoms with E-state index in [0.717, 1.165) is 26.9 Å². The molecule has 0 atom stereocenters. The molecule has 0 spiro atoms. The van der Waals surface area contributed by atoms with Crippen LogP contribution in [0.25, 0.3) is 11.1 Å². The van der Waals surface area contributed by atoms with Gasteiger partial charge >= 0.3 is 0 Å². The molecule has 2 aromatic rings. The van der Waals surface area contributed by atoms with Gasteiger partial charge in [-0.1, -0.05) is 21.1 Å². The zero-order valence-corrected chi connectivity index (χ0v) is 10.5. The van der Waals surface area contributed by atoms with Crippen molar-refractivity contribution in [2.75, 3.05) is 12.8 Å². The molecule has 0 aliphatic carbocycles. The number of nitrogens with two attached hydrogens (primary N) is 1. The Bertz CT molecular complexity index is 523. The van der Waals surface area contributed by atoms with Crippen LogP contribution in [0.3, 0.4) is 0 Å². The van der Waals surface area contributed by atoms with Crippen LogP contribution >= 0.6 is 15.9 Å². The third-order valence-corrected chi connectivity index (χ3v) is 3.03. The van der Waals surface area contributed by atoms with E-state index < -0.39 is 0 Å². The van der Waals surface area contributed by atoms with E-state index in [9.17, 15) is 0 Å². The highest BCUT2D eigenvalue weighted by Crippen LogP contribution is 2.36. The third kappa shape index (κ3) is 1.78. The number of ether oxygens (including phenoxy) is 1. The Morgan fingerprint density at radius 3 is 2.69 bits per heavy atom. The molecular formula is C11H11BrN2O2. The number of nitrogen functional groups attached to an aromatic ring is 1. The summed E-state index contributed by atoms with van der Waals surface area (Å²) in [5.74, 6) is 1.10. The van der Waals surface area contributed by atoms with Gasteiger partial charge in [-0.25, -0.2) is 0 Å². The summed E-state index contributed by atoms with van der Waals surface area (Å²) in [6.07, 6.45) is 1.59. The minimum Gasteiger partial charge on any atom is -0.496 e. The van der Waals surface area contributed by atoms with Gasteiger partial charge < -0.3 is 15.0 Å².